The van der Waals surface area contributed by atoms with Crippen LogP contribution in [0.15, 0.2) is 35.4 Å². The Balaban J connectivity index is 2.35. The predicted molar refractivity (Wildman–Crippen MR) is 70.0 cm³/mol. The first-order chi connectivity index (χ1) is 9.31. The molecule has 9 heteroatoms. The minimum atomic E-state index is -4.11. The van der Waals surface area contributed by atoms with Gasteiger partial charge >= 0.3 is 5.97 Å². The standard InChI is InChI=1S/C11H8ClFN2O4S/c12-7-2-1-3-8(10(7)13)15-20(18,19)6-4-9(11(16)17)14-5-6/h1-5,14-15H,(H,16,17). The Morgan fingerprint density at radius 3 is 2.70 bits per heavy atom. The number of anilines is 1. The van der Waals surface area contributed by atoms with E-state index in [1.165, 1.54) is 18.2 Å². The minimum absolute atomic E-state index is 0.231. The number of carboxylic acid groups (broad SMARTS) is 1. The molecule has 0 aliphatic rings. The van der Waals surface area contributed by atoms with Gasteiger partial charge in [-0.15, -0.1) is 0 Å². The molecule has 20 heavy (non-hydrogen) atoms. The number of aromatic amines is 1. The number of hydrogen-bond donors (Lipinski definition) is 3. The summed E-state index contributed by atoms with van der Waals surface area (Å²) >= 11 is 5.54. The van der Waals surface area contributed by atoms with Gasteiger partial charge in [0, 0.05) is 6.20 Å². The molecule has 0 bridgehead atoms. The second kappa shape index (κ2) is 5.14. The molecule has 0 atom stereocenters. The van der Waals surface area contributed by atoms with Crippen molar-refractivity contribution in [3.05, 3.63) is 47.0 Å². The van der Waals surface area contributed by atoms with E-state index >= 15 is 0 Å². The Kier molecular flexibility index (Phi) is 3.69. The fourth-order valence-electron chi connectivity index (χ4n) is 1.44. The van der Waals surface area contributed by atoms with Crippen LogP contribution in [0.5, 0.6) is 0 Å². The zero-order valence-corrected chi connectivity index (χ0v) is 11.3. The highest BCUT2D eigenvalue weighted by molar-refractivity contribution is 7.92. The van der Waals surface area contributed by atoms with E-state index in [2.05, 4.69) is 4.98 Å². The van der Waals surface area contributed by atoms with Crippen molar-refractivity contribution in [3.8, 4) is 0 Å². The van der Waals surface area contributed by atoms with Crippen LogP contribution in [0, 0.1) is 5.82 Å². The van der Waals surface area contributed by atoms with Crippen molar-refractivity contribution in [2.45, 2.75) is 4.90 Å². The molecule has 1 aromatic heterocycles. The van der Waals surface area contributed by atoms with E-state index in [4.69, 9.17) is 16.7 Å². The summed E-state index contributed by atoms with van der Waals surface area (Å²) in [6, 6.07) is 4.77. The van der Waals surface area contributed by atoms with Crippen LogP contribution in [0.1, 0.15) is 10.5 Å². The molecule has 0 saturated carbocycles. The van der Waals surface area contributed by atoms with Gasteiger partial charge in [0.15, 0.2) is 5.82 Å². The highest BCUT2D eigenvalue weighted by Gasteiger charge is 2.20. The summed E-state index contributed by atoms with van der Waals surface area (Å²) < 4.78 is 39.6. The molecule has 1 aromatic carbocycles. The van der Waals surface area contributed by atoms with Gasteiger partial charge in [0.1, 0.15) is 10.6 Å². The number of rotatable bonds is 4. The molecule has 0 amide bonds. The average molecular weight is 319 g/mol. The second-order valence-electron chi connectivity index (χ2n) is 3.76. The molecule has 1 heterocycles. The molecule has 3 N–H and O–H groups in total. The number of hydrogen-bond acceptors (Lipinski definition) is 3. The van der Waals surface area contributed by atoms with Crippen LogP contribution in [0.4, 0.5) is 10.1 Å². The van der Waals surface area contributed by atoms with Gasteiger partial charge in [-0.1, -0.05) is 17.7 Å². The molecule has 0 spiro atoms. The van der Waals surface area contributed by atoms with Crippen molar-refractivity contribution >= 4 is 33.3 Å². The molecule has 6 nitrogen and oxygen atoms in total. The monoisotopic (exact) mass is 318 g/mol. The van der Waals surface area contributed by atoms with E-state index in [1.807, 2.05) is 4.72 Å². The van der Waals surface area contributed by atoms with E-state index in [0.29, 0.717) is 0 Å². The first kappa shape index (κ1) is 14.4. The Labute approximate surface area is 118 Å². The number of aromatic nitrogens is 1. The number of carboxylic acids is 1. The smallest absolute Gasteiger partial charge is 0.352 e. The van der Waals surface area contributed by atoms with Gasteiger partial charge in [-0.25, -0.2) is 17.6 Å². The summed E-state index contributed by atoms with van der Waals surface area (Å²) in [5.41, 5.74) is -0.618. The summed E-state index contributed by atoms with van der Waals surface area (Å²) in [4.78, 5) is 12.6. The van der Waals surface area contributed by atoms with Crippen LogP contribution in [0.25, 0.3) is 0 Å². The number of aromatic carboxylic acids is 1. The molecular formula is C11H8ClFN2O4S. The first-order valence-electron chi connectivity index (χ1n) is 5.20. The van der Waals surface area contributed by atoms with Crippen LogP contribution < -0.4 is 4.72 Å². The number of H-pyrrole nitrogens is 1. The zero-order chi connectivity index (χ0) is 14.9. The molecule has 0 aliphatic heterocycles. The summed E-state index contributed by atoms with van der Waals surface area (Å²) in [6.07, 6.45) is 0.994. The number of halogens is 2. The predicted octanol–water partition coefficient (Wildman–Crippen LogP) is 2.31. The lowest BCUT2D eigenvalue weighted by Gasteiger charge is -2.07. The quantitative estimate of drug-likeness (QED) is 0.805. The van der Waals surface area contributed by atoms with Crippen molar-refractivity contribution in [2.24, 2.45) is 0 Å². The molecule has 0 unspecified atom stereocenters. The third-order valence-corrected chi connectivity index (χ3v) is 4.03. The maximum absolute atomic E-state index is 13.6. The molecule has 2 rings (SSSR count). The van der Waals surface area contributed by atoms with E-state index in [9.17, 15) is 17.6 Å². The van der Waals surface area contributed by atoms with E-state index in [0.717, 1.165) is 12.3 Å². The normalized spacial score (nSPS) is 11.3. The largest absolute Gasteiger partial charge is 0.477 e. The maximum Gasteiger partial charge on any atom is 0.352 e. The lowest BCUT2D eigenvalue weighted by molar-refractivity contribution is 0.0691. The number of sulfonamides is 1. The third-order valence-electron chi connectivity index (χ3n) is 2.39. The highest BCUT2D eigenvalue weighted by Crippen LogP contribution is 2.24. The van der Waals surface area contributed by atoms with Crippen LogP contribution >= 0.6 is 11.6 Å². The van der Waals surface area contributed by atoms with E-state index in [-0.39, 0.29) is 21.3 Å². The van der Waals surface area contributed by atoms with Crippen molar-refractivity contribution < 1.29 is 22.7 Å². The summed E-state index contributed by atoms with van der Waals surface area (Å²) in [7, 11) is -4.11. The summed E-state index contributed by atoms with van der Waals surface area (Å²) in [5.74, 6) is -2.22. The highest BCUT2D eigenvalue weighted by atomic mass is 35.5. The summed E-state index contributed by atoms with van der Waals surface area (Å²) in [6.45, 7) is 0. The van der Waals surface area contributed by atoms with Gasteiger partial charge in [0.25, 0.3) is 10.0 Å². The van der Waals surface area contributed by atoms with E-state index < -0.39 is 21.8 Å². The molecule has 2 aromatic rings. The first-order valence-corrected chi connectivity index (χ1v) is 7.06. The van der Waals surface area contributed by atoms with Crippen molar-refractivity contribution in [2.75, 3.05) is 4.72 Å². The second-order valence-corrected chi connectivity index (χ2v) is 5.85. The van der Waals surface area contributed by atoms with Crippen LogP contribution in [-0.2, 0) is 10.0 Å². The van der Waals surface area contributed by atoms with Gasteiger partial charge in [-0.2, -0.15) is 0 Å². The van der Waals surface area contributed by atoms with Crippen LogP contribution in [0.3, 0.4) is 0 Å². The number of carbonyl (C=O) groups is 1. The fourth-order valence-corrected chi connectivity index (χ4v) is 2.67. The van der Waals surface area contributed by atoms with Gasteiger partial charge in [-0.05, 0) is 18.2 Å². The SMILES string of the molecule is O=C(O)c1cc(S(=O)(=O)Nc2cccc(Cl)c2F)c[nH]1. The Bertz CT molecular complexity index is 772. The Morgan fingerprint density at radius 2 is 2.10 bits per heavy atom. The fraction of sp³-hybridized carbons (Fsp3) is 0. The molecule has 0 radical (unpaired) electrons. The Morgan fingerprint density at radius 1 is 1.40 bits per heavy atom. The molecule has 0 aliphatic carbocycles. The van der Waals surface area contributed by atoms with Gasteiger partial charge in [0.2, 0.25) is 0 Å². The molecular weight excluding hydrogens is 311 g/mol. The van der Waals surface area contributed by atoms with Crippen molar-refractivity contribution in [1.82, 2.24) is 4.98 Å². The minimum Gasteiger partial charge on any atom is -0.477 e. The molecule has 0 saturated heterocycles. The summed E-state index contributed by atoms with van der Waals surface area (Å²) in [5, 5.41) is 8.48. The third kappa shape index (κ3) is 2.75. The van der Waals surface area contributed by atoms with Gasteiger partial charge in [-0.3, -0.25) is 4.72 Å². The van der Waals surface area contributed by atoms with Gasteiger partial charge in [0.05, 0.1) is 10.7 Å². The van der Waals surface area contributed by atoms with Crippen LogP contribution in [-0.4, -0.2) is 24.5 Å². The van der Waals surface area contributed by atoms with Crippen LogP contribution in [0.2, 0.25) is 5.02 Å². The molecule has 106 valence electrons. The topological polar surface area (TPSA) is 99.3 Å². The lowest BCUT2D eigenvalue weighted by Crippen LogP contribution is -2.13. The Hall–Kier alpha value is -2.06. The molecule has 0 fully saturated rings. The van der Waals surface area contributed by atoms with Crippen molar-refractivity contribution in [1.29, 1.82) is 0 Å². The average Bonchev–Trinajstić information content (AvgIpc) is 2.85. The van der Waals surface area contributed by atoms with Gasteiger partial charge < -0.3 is 10.1 Å². The van der Waals surface area contributed by atoms with E-state index in [1.54, 1.807) is 0 Å². The van der Waals surface area contributed by atoms with Crippen molar-refractivity contribution in [3.63, 3.8) is 0 Å². The zero-order valence-electron chi connectivity index (χ0n) is 9.72. The lowest BCUT2D eigenvalue weighted by atomic mass is 10.3. The maximum atomic E-state index is 13.6. The number of benzene rings is 1. The number of nitrogens with one attached hydrogen (secondary N) is 2.